The third kappa shape index (κ3) is 4.62. The topological polar surface area (TPSA) is 142 Å². The minimum absolute atomic E-state index is 0.0331. The summed E-state index contributed by atoms with van der Waals surface area (Å²) in [6, 6.07) is 5.38. The minimum atomic E-state index is -0.668. The molecule has 3 aliphatic heterocycles. The van der Waals surface area contributed by atoms with Crippen LogP contribution in [0.4, 0.5) is 11.6 Å². The zero-order valence-corrected chi connectivity index (χ0v) is 23.4. The normalized spacial score (nSPS) is 20.8. The zero-order valence-electron chi connectivity index (χ0n) is 23.4. The number of fused-ring (bicyclic) bond motifs is 2. The van der Waals surface area contributed by atoms with E-state index in [0.29, 0.717) is 55.1 Å². The van der Waals surface area contributed by atoms with Crippen LogP contribution in [0.3, 0.4) is 0 Å². The molecule has 3 aromatic heterocycles. The molecule has 1 amide bonds. The molecule has 40 heavy (non-hydrogen) atoms. The van der Waals surface area contributed by atoms with Crippen molar-refractivity contribution in [2.45, 2.75) is 57.8 Å². The second kappa shape index (κ2) is 9.38. The molecule has 0 spiro atoms. The lowest BCUT2D eigenvalue weighted by Crippen LogP contribution is -2.59. The fourth-order valence-electron chi connectivity index (χ4n) is 5.16. The van der Waals surface area contributed by atoms with E-state index < -0.39 is 11.1 Å². The average molecular weight is 547 g/mol. The number of carbonyl (C=O) groups excluding carboxylic acids is 2. The van der Waals surface area contributed by atoms with Gasteiger partial charge in [-0.3, -0.25) is 4.79 Å². The van der Waals surface area contributed by atoms with Crippen molar-refractivity contribution in [3.63, 3.8) is 0 Å². The van der Waals surface area contributed by atoms with Gasteiger partial charge in [0.25, 0.3) is 0 Å². The number of nitrogens with zero attached hydrogens (tertiary/aromatic N) is 4. The molecule has 2 saturated heterocycles. The molecule has 3 aliphatic rings. The van der Waals surface area contributed by atoms with Gasteiger partial charge in [0.15, 0.2) is 0 Å². The maximum absolute atomic E-state index is 12.5. The molecule has 2 fully saturated rings. The Kier molecular flexibility index (Phi) is 6.19. The summed E-state index contributed by atoms with van der Waals surface area (Å²) in [6.45, 7) is 11.6. The Labute approximate surface area is 232 Å². The van der Waals surface area contributed by atoms with Crippen molar-refractivity contribution < 1.29 is 23.8 Å². The first-order valence-electron chi connectivity index (χ1n) is 13.5. The van der Waals surface area contributed by atoms with Crippen molar-refractivity contribution >= 4 is 34.3 Å². The van der Waals surface area contributed by atoms with Gasteiger partial charge in [-0.1, -0.05) is 6.92 Å². The van der Waals surface area contributed by atoms with Crippen molar-refractivity contribution in [2.75, 3.05) is 31.6 Å². The molecule has 0 bridgehead atoms. The first kappa shape index (κ1) is 26.4. The van der Waals surface area contributed by atoms with Gasteiger partial charge in [0.2, 0.25) is 11.8 Å². The Morgan fingerprint density at radius 2 is 1.90 bits per heavy atom. The number of cyclic esters (lactones) is 1. The van der Waals surface area contributed by atoms with E-state index in [-0.39, 0.29) is 29.8 Å². The lowest BCUT2D eigenvalue weighted by atomic mass is 9.84. The Hall–Kier alpha value is -3.83. The van der Waals surface area contributed by atoms with Gasteiger partial charge in [0.05, 0.1) is 48.9 Å². The number of esters is 1. The van der Waals surface area contributed by atoms with Gasteiger partial charge >= 0.3 is 5.97 Å². The van der Waals surface area contributed by atoms with E-state index in [4.69, 9.17) is 24.9 Å². The summed E-state index contributed by atoms with van der Waals surface area (Å²) in [4.78, 5) is 40.6. The van der Waals surface area contributed by atoms with Gasteiger partial charge in [-0.25, -0.2) is 19.7 Å². The lowest BCUT2D eigenvalue weighted by Gasteiger charge is -2.42. The summed E-state index contributed by atoms with van der Waals surface area (Å²) in [5, 5.41) is 4.86. The second-order valence-corrected chi connectivity index (χ2v) is 12.0. The van der Waals surface area contributed by atoms with Crippen LogP contribution in [0.25, 0.3) is 10.8 Å². The highest BCUT2D eigenvalue weighted by Gasteiger charge is 2.41. The summed E-state index contributed by atoms with van der Waals surface area (Å²) >= 11 is 0. The fraction of sp³-hybridized carbons (Fsp3) is 0.483. The Morgan fingerprint density at radius 3 is 2.58 bits per heavy atom. The molecule has 0 saturated carbocycles. The number of aromatic nitrogens is 3. The Morgan fingerprint density at radius 1 is 1.15 bits per heavy atom. The average Bonchev–Trinajstić information content (AvgIpc) is 2.82. The van der Waals surface area contributed by atoms with Gasteiger partial charge in [0, 0.05) is 23.9 Å². The summed E-state index contributed by atoms with van der Waals surface area (Å²) in [7, 11) is 0. The number of ether oxygens (including phenoxy) is 3. The molecule has 6 heterocycles. The summed E-state index contributed by atoms with van der Waals surface area (Å²) in [5.74, 6) is 1.22. The number of nitrogens with one attached hydrogen (secondary N) is 1. The standard InChI is InChI=1S/C29H34N6O5/c1-15-24-18(27(37)40-29(15,4)5)6-7-22(34-24)33-23-8-19-20(9-31-23)25(32-10-21(19)28(2,3)30)39-17-11-35(12-17)26(36)16-13-38-14-16/h6-10,15-17H,11-14,30H2,1-5H3,(H,31,33,34)/t15-/m1/s1. The van der Waals surface area contributed by atoms with Crippen LogP contribution in [0.1, 0.15) is 62.2 Å². The summed E-state index contributed by atoms with van der Waals surface area (Å²) in [5.41, 5.74) is 7.19. The van der Waals surface area contributed by atoms with Crippen molar-refractivity contribution in [1.82, 2.24) is 19.9 Å². The number of pyridine rings is 3. The first-order chi connectivity index (χ1) is 18.9. The molecule has 0 unspecified atom stereocenters. The highest BCUT2D eigenvalue weighted by atomic mass is 16.6. The largest absolute Gasteiger partial charge is 0.470 e. The number of hydrogen-bond donors (Lipinski definition) is 2. The fourth-order valence-corrected chi connectivity index (χ4v) is 5.16. The zero-order chi connectivity index (χ0) is 28.4. The first-order valence-corrected chi connectivity index (χ1v) is 13.5. The van der Waals surface area contributed by atoms with E-state index >= 15 is 0 Å². The SMILES string of the molecule is C[C@@H]1c2nc(Nc3cc4c(C(C)(C)N)cnc(OC5CN(C(=O)C6COC6)C5)c4cn3)ccc2C(=O)OC1(C)C. The summed E-state index contributed by atoms with van der Waals surface area (Å²) < 4.78 is 16.9. The van der Waals surface area contributed by atoms with Crippen molar-refractivity contribution in [3.05, 3.63) is 47.4 Å². The van der Waals surface area contributed by atoms with Crippen LogP contribution in [0.15, 0.2) is 30.6 Å². The van der Waals surface area contributed by atoms with E-state index in [1.807, 2.05) is 40.7 Å². The van der Waals surface area contributed by atoms with Gasteiger partial charge < -0.3 is 30.2 Å². The van der Waals surface area contributed by atoms with E-state index in [0.717, 1.165) is 16.3 Å². The number of likely N-dealkylation sites (tertiary alicyclic amines) is 1. The van der Waals surface area contributed by atoms with Crippen molar-refractivity contribution in [1.29, 1.82) is 0 Å². The smallest absolute Gasteiger partial charge is 0.340 e. The molecule has 3 N–H and O–H groups in total. The van der Waals surface area contributed by atoms with Gasteiger partial charge in [-0.2, -0.15) is 0 Å². The van der Waals surface area contributed by atoms with Crippen LogP contribution in [-0.4, -0.2) is 69.7 Å². The Bertz CT molecular complexity index is 1510. The van der Waals surface area contributed by atoms with Crippen LogP contribution < -0.4 is 15.8 Å². The molecular weight excluding hydrogens is 512 g/mol. The third-order valence-corrected chi connectivity index (χ3v) is 8.06. The second-order valence-electron chi connectivity index (χ2n) is 12.0. The van der Waals surface area contributed by atoms with Crippen molar-refractivity contribution in [3.8, 4) is 5.88 Å². The van der Waals surface area contributed by atoms with Crippen LogP contribution in [0, 0.1) is 5.92 Å². The minimum Gasteiger partial charge on any atom is -0.470 e. The van der Waals surface area contributed by atoms with Crippen LogP contribution in [-0.2, 0) is 19.8 Å². The quantitative estimate of drug-likeness (QED) is 0.443. The predicted molar refractivity (Wildman–Crippen MR) is 147 cm³/mol. The third-order valence-electron chi connectivity index (χ3n) is 8.06. The van der Waals surface area contributed by atoms with E-state index in [1.54, 1.807) is 29.4 Å². The molecule has 0 aromatic carbocycles. The van der Waals surface area contributed by atoms with Crippen LogP contribution in [0.5, 0.6) is 5.88 Å². The van der Waals surface area contributed by atoms with E-state index in [2.05, 4.69) is 15.3 Å². The summed E-state index contributed by atoms with van der Waals surface area (Å²) in [6.07, 6.45) is 3.30. The molecule has 6 rings (SSSR count). The highest BCUT2D eigenvalue weighted by molar-refractivity contribution is 5.93. The van der Waals surface area contributed by atoms with Gasteiger partial charge in [-0.05, 0) is 56.8 Å². The van der Waals surface area contributed by atoms with Crippen LogP contribution >= 0.6 is 0 Å². The van der Waals surface area contributed by atoms with Gasteiger partial charge in [-0.15, -0.1) is 0 Å². The lowest BCUT2D eigenvalue weighted by molar-refractivity contribution is -0.158. The molecule has 1 atom stereocenters. The number of anilines is 2. The number of hydrogen-bond acceptors (Lipinski definition) is 10. The highest BCUT2D eigenvalue weighted by Crippen LogP contribution is 2.38. The molecular formula is C29H34N6O5. The molecule has 11 nitrogen and oxygen atoms in total. The van der Waals surface area contributed by atoms with Gasteiger partial charge in [0.1, 0.15) is 23.3 Å². The number of nitrogens with two attached hydrogens (primary N) is 1. The predicted octanol–water partition coefficient (Wildman–Crippen LogP) is 3.25. The maximum Gasteiger partial charge on any atom is 0.340 e. The molecule has 0 radical (unpaired) electrons. The molecule has 11 heteroatoms. The number of rotatable bonds is 6. The van der Waals surface area contributed by atoms with E-state index in [1.165, 1.54) is 0 Å². The number of amides is 1. The Balaban J connectivity index is 1.27. The molecule has 3 aromatic rings. The molecule has 0 aliphatic carbocycles. The maximum atomic E-state index is 12.5. The van der Waals surface area contributed by atoms with Crippen molar-refractivity contribution in [2.24, 2.45) is 11.7 Å². The number of carbonyl (C=O) groups is 2. The molecule has 210 valence electrons. The van der Waals surface area contributed by atoms with E-state index in [9.17, 15) is 9.59 Å². The van der Waals surface area contributed by atoms with Crippen LogP contribution in [0.2, 0.25) is 0 Å². The monoisotopic (exact) mass is 546 g/mol.